The third kappa shape index (κ3) is 1.72. The van der Waals surface area contributed by atoms with E-state index in [1.165, 1.54) is 6.07 Å². The molecule has 0 aliphatic rings. The van der Waals surface area contributed by atoms with E-state index in [-0.39, 0.29) is 5.02 Å². The van der Waals surface area contributed by atoms with Gasteiger partial charge in [0.15, 0.2) is 0 Å². The van der Waals surface area contributed by atoms with Crippen LogP contribution in [0, 0.1) is 5.82 Å². The fraction of sp³-hybridized carbons (Fsp3) is 0. The highest BCUT2D eigenvalue weighted by Gasteiger charge is 2.05. The lowest BCUT2D eigenvalue weighted by Gasteiger charge is -2.01. The lowest BCUT2D eigenvalue weighted by atomic mass is 10.2. The monoisotopic (exact) mass is 208 g/mol. The van der Waals surface area contributed by atoms with E-state index in [1.807, 2.05) is 6.07 Å². The number of halogens is 2. The fourth-order valence-corrected chi connectivity index (χ4v) is 1.39. The Morgan fingerprint density at radius 2 is 2.14 bits per heavy atom. The minimum absolute atomic E-state index is 0.290. The molecule has 2 aromatic heterocycles. The quantitative estimate of drug-likeness (QED) is 0.720. The van der Waals surface area contributed by atoms with E-state index < -0.39 is 5.82 Å². The molecule has 0 aromatic carbocycles. The van der Waals surface area contributed by atoms with E-state index >= 15 is 0 Å². The van der Waals surface area contributed by atoms with Crippen molar-refractivity contribution in [1.82, 2.24) is 9.97 Å². The second-order valence-electron chi connectivity index (χ2n) is 2.73. The summed E-state index contributed by atoms with van der Waals surface area (Å²) >= 11 is 5.83. The molecule has 2 nitrogen and oxygen atoms in total. The maximum atomic E-state index is 12.7. The summed E-state index contributed by atoms with van der Waals surface area (Å²) < 4.78 is 12.7. The SMILES string of the molecule is Fc1cnc(-c2cccnc2)c(Cl)c1. The Hall–Kier alpha value is -1.48. The van der Waals surface area contributed by atoms with Gasteiger partial charge in [-0.25, -0.2) is 4.39 Å². The maximum absolute atomic E-state index is 12.7. The molecule has 0 spiro atoms. The molecule has 2 rings (SSSR count). The number of pyridine rings is 2. The lowest BCUT2D eigenvalue weighted by molar-refractivity contribution is 0.622. The summed E-state index contributed by atoms with van der Waals surface area (Å²) in [6, 6.07) is 4.83. The first kappa shape index (κ1) is 9.09. The third-order valence-electron chi connectivity index (χ3n) is 1.74. The zero-order valence-corrected chi connectivity index (χ0v) is 7.87. The smallest absolute Gasteiger partial charge is 0.143 e. The molecule has 2 aromatic rings. The molecule has 0 saturated carbocycles. The Kier molecular flexibility index (Phi) is 2.41. The van der Waals surface area contributed by atoms with Crippen LogP contribution in [0.15, 0.2) is 36.8 Å². The molecule has 0 N–H and O–H groups in total. The van der Waals surface area contributed by atoms with Crippen molar-refractivity contribution in [2.24, 2.45) is 0 Å². The number of hydrogen-bond acceptors (Lipinski definition) is 2. The van der Waals surface area contributed by atoms with E-state index in [4.69, 9.17) is 11.6 Å². The van der Waals surface area contributed by atoms with E-state index in [9.17, 15) is 4.39 Å². The standard InChI is InChI=1S/C10H6ClFN2/c11-9-4-8(12)6-14-10(9)7-2-1-3-13-5-7/h1-6H. The summed E-state index contributed by atoms with van der Waals surface area (Å²) in [5, 5.41) is 0.290. The predicted molar refractivity (Wildman–Crippen MR) is 52.4 cm³/mol. The molecule has 0 saturated heterocycles. The molecule has 14 heavy (non-hydrogen) atoms. The molecular weight excluding hydrogens is 203 g/mol. The molecule has 0 unspecified atom stereocenters. The molecule has 2 heterocycles. The summed E-state index contributed by atoms with van der Waals surface area (Å²) in [6.45, 7) is 0. The molecule has 4 heteroatoms. The summed E-state index contributed by atoms with van der Waals surface area (Å²) in [7, 11) is 0. The van der Waals surface area contributed by atoms with Gasteiger partial charge in [0, 0.05) is 18.0 Å². The van der Waals surface area contributed by atoms with Gasteiger partial charge in [0.2, 0.25) is 0 Å². The maximum Gasteiger partial charge on any atom is 0.143 e. The van der Waals surface area contributed by atoms with Crippen molar-refractivity contribution in [3.05, 3.63) is 47.6 Å². The van der Waals surface area contributed by atoms with Crippen LogP contribution in [0.5, 0.6) is 0 Å². The summed E-state index contributed by atoms with van der Waals surface area (Å²) in [4.78, 5) is 7.83. The zero-order chi connectivity index (χ0) is 9.97. The largest absolute Gasteiger partial charge is 0.264 e. The number of aromatic nitrogens is 2. The Balaban J connectivity index is 2.53. The van der Waals surface area contributed by atoms with Gasteiger partial charge < -0.3 is 0 Å². The number of nitrogens with zero attached hydrogens (tertiary/aromatic N) is 2. The van der Waals surface area contributed by atoms with Gasteiger partial charge in [-0.3, -0.25) is 9.97 Å². The summed E-state index contributed by atoms with van der Waals surface area (Å²) in [6.07, 6.45) is 4.42. The van der Waals surface area contributed by atoms with Crippen LogP contribution < -0.4 is 0 Å². The van der Waals surface area contributed by atoms with E-state index in [1.54, 1.807) is 18.5 Å². The minimum Gasteiger partial charge on any atom is -0.264 e. The van der Waals surface area contributed by atoms with Gasteiger partial charge in [-0.2, -0.15) is 0 Å². The van der Waals surface area contributed by atoms with Crippen LogP contribution >= 0.6 is 11.6 Å². The van der Waals surface area contributed by atoms with Gasteiger partial charge in [-0.05, 0) is 18.2 Å². The van der Waals surface area contributed by atoms with Gasteiger partial charge in [0.05, 0.1) is 16.9 Å². The molecule has 70 valence electrons. The molecule has 0 aliphatic carbocycles. The first-order valence-corrected chi connectivity index (χ1v) is 4.36. The second-order valence-corrected chi connectivity index (χ2v) is 3.13. The van der Waals surface area contributed by atoms with Crippen LogP contribution in [0.4, 0.5) is 4.39 Å². The van der Waals surface area contributed by atoms with Crippen molar-refractivity contribution in [2.45, 2.75) is 0 Å². The Morgan fingerprint density at radius 3 is 2.79 bits per heavy atom. The molecule has 0 fully saturated rings. The zero-order valence-electron chi connectivity index (χ0n) is 7.11. The first-order valence-electron chi connectivity index (χ1n) is 3.99. The Labute approximate surface area is 85.4 Å². The van der Waals surface area contributed by atoms with Crippen molar-refractivity contribution in [2.75, 3.05) is 0 Å². The molecule has 0 radical (unpaired) electrons. The average Bonchev–Trinajstić information content (AvgIpc) is 2.19. The molecule has 0 bridgehead atoms. The van der Waals surface area contributed by atoms with Gasteiger partial charge in [0.25, 0.3) is 0 Å². The van der Waals surface area contributed by atoms with Gasteiger partial charge in [-0.1, -0.05) is 11.6 Å². The van der Waals surface area contributed by atoms with Crippen molar-refractivity contribution < 1.29 is 4.39 Å². The van der Waals surface area contributed by atoms with Crippen molar-refractivity contribution >= 4 is 11.6 Å². The van der Waals surface area contributed by atoms with Crippen LogP contribution in [0.25, 0.3) is 11.3 Å². The predicted octanol–water partition coefficient (Wildman–Crippen LogP) is 2.94. The van der Waals surface area contributed by atoms with Crippen LogP contribution in [0.1, 0.15) is 0 Å². The highest BCUT2D eigenvalue weighted by atomic mass is 35.5. The normalized spacial score (nSPS) is 10.1. The molecule has 0 atom stereocenters. The topological polar surface area (TPSA) is 25.8 Å². The highest BCUT2D eigenvalue weighted by Crippen LogP contribution is 2.24. The lowest BCUT2D eigenvalue weighted by Crippen LogP contribution is -1.87. The molecule has 0 amide bonds. The van der Waals surface area contributed by atoms with E-state index in [0.29, 0.717) is 5.69 Å². The Morgan fingerprint density at radius 1 is 1.29 bits per heavy atom. The average molecular weight is 209 g/mol. The summed E-state index contributed by atoms with van der Waals surface area (Å²) in [5.74, 6) is -0.442. The van der Waals surface area contributed by atoms with Crippen molar-refractivity contribution in [3.63, 3.8) is 0 Å². The van der Waals surface area contributed by atoms with Gasteiger partial charge in [-0.15, -0.1) is 0 Å². The number of hydrogen-bond donors (Lipinski definition) is 0. The number of rotatable bonds is 1. The Bertz CT molecular complexity index is 445. The van der Waals surface area contributed by atoms with Crippen molar-refractivity contribution in [3.8, 4) is 11.3 Å². The van der Waals surface area contributed by atoms with E-state index in [0.717, 1.165) is 11.8 Å². The van der Waals surface area contributed by atoms with E-state index in [2.05, 4.69) is 9.97 Å². The van der Waals surface area contributed by atoms with Crippen LogP contribution in [-0.2, 0) is 0 Å². The van der Waals surface area contributed by atoms with Crippen molar-refractivity contribution in [1.29, 1.82) is 0 Å². The fourth-order valence-electron chi connectivity index (χ4n) is 1.13. The van der Waals surface area contributed by atoms with Gasteiger partial charge >= 0.3 is 0 Å². The molecule has 0 aliphatic heterocycles. The third-order valence-corrected chi connectivity index (χ3v) is 2.03. The second kappa shape index (κ2) is 3.72. The van der Waals surface area contributed by atoms with Gasteiger partial charge in [0.1, 0.15) is 5.82 Å². The van der Waals surface area contributed by atoms with Crippen LogP contribution in [0.3, 0.4) is 0 Å². The van der Waals surface area contributed by atoms with Crippen LogP contribution in [-0.4, -0.2) is 9.97 Å². The highest BCUT2D eigenvalue weighted by molar-refractivity contribution is 6.33. The summed E-state index contributed by atoms with van der Waals surface area (Å²) in [5.41, 5.74) is 1.32. The first-order chi connectivity index (χ1) is 6.77. The molecular formula is C10H6ClFN2. The van der Waals surface area contributed by atoms with Crippen LogP contribution in [0.2, 0.25) is 5.02 Å². The minimum atomic E-state index is -0.442.